The molecule has 0 aliphatic carbocycles. The Bertz CT molecular complexity index is 811. The van der Waals surface area contributed by atoms with Gasteiger partial charge in [0.05, 0.1) is 6.54 Å². The Balaban J connectivity index is 1.89. The van der Waals surface area contributed by atoms with Crippen molar-refractivity contribution in [1.82, 2.24) is 20.3 Å². The Labute approximate surface area is 149 Å². The van der Waals surface area contributed by atoms with Crippen LogP contribution in [0.2, 0.25) is 0 Å². The molecule has 0 bridgehead atoms. The molecule has 0 unspecified atom stereocenters. The molecule has 130 valence electrons. The van der Waals surface area contributed by atoms with Crippen LogP contribution in [0.3, 0.4) is 0 Å². The first-order valence-corrected chi connectivity index (χ1v) is 8.71. The van der Waals surface area contributed by atoms with E-state index in [0.717, 1.165) is 17.0 Å². The van der Waals surface area contributed by atoms with Crippen LogP contribution in [0, 0.1) is 6.92 Å². The fourth-order valence-electron chi connectivity index (χ4n) is 2.60. The summed E-state index contributed by atoms with van der Waals surface area (Å²) in [6.07, 6.45) is 0. The molecule has 0 aliphatic rings. The van der Waals surface area contributed by atoms with Crippen LogP contribution in [0.15, 0.2) is 54.6 Å². The van der Waals surface area contributed by atoms with Gasteiger partial charge in [0.2, 0.25) is 0 Å². The molecule has 0 aliphatic heterocycles. The molecule has 3 aromatic rings. The van der Waals surface area contributed by atoms with E-state index in [1.54, 1.807) is 4.80 Å². The quantitative estimate of drug-likeness (QED) is 0.761. The fourth-order valence-corrected chi connectivity index (χ4v) is 2.60. The zero-order valence-electron chi connectivity index (χ0n) is 15.5. The summed E-state index contributed by atoms with van der Waals surface area (Å²) in [4.78, 5) is 1.80. The largest absolute Gasteiger partial charge is 0.306 e. The molecule has 1 N–H and O–H groups in total. The van der Waals surface area contributed by atoms with Crippen LogP contribution in [0.5, 0.6) is 0 Å². The summed E-state index contributed by atoms with van der Waals surface area (Å²) in [7, 11) is 0. The number of rotatable bonds is 5. The minimum absolute atomic E-state index is 0.0364. The van der Waals surface area contributed by atoms with Gasteiger partial charge in [-0.1, -0.05) is 60.2 Å². The number of aryl methyl sites for hydroxylation is 1. The van der Waals surface area contributed by atoms with Crippen molar-refractivity contribution in [3.63, 3.8) is 0 Å². The van der Waals surface area contributed by atoms with E-state index in [-0.39, 0.29) is 5.54 Å². The number of hydrogen-bond acceptors (Lipinski definition) is 3. The molecule has 4 heteroatoms. The Morgan fingerprint density at radius 1 is 0.920 bits per heavy atom. The first-order valence-electron chi connectivity index (χ1n) is 8.71. The van der Waals surface area contributed by atoms with Crippen molar-refractivity contribution in [3.05, 3.63) is 71.4 Å². The molecule has 0 spiro atoms. The lowest BCUT2D eigenvalue weighted by molar-refractivity contribution is 0.419. The third-order valence-corrected chi connectivity index (χ3v) is 4.00. The molecule has 4 nitrogen and oxygen atoms in total. The van der Waals surface area contributed by atoms with Crippen molar-refractivity contribution >= 4 is 0 Å². The third-order valence-electron chi connectivity index (χ3n) is 4.00. The Hall–Kier alpha value is -2.46. The number of benzene rings is 2. The van der Waals surface area contributed by atoms with Gasteiger partial charge in [0.1, 0.15) is 11.4 Å². The molecule has 0 fully saturated rings. The Morgan fingerprint density at radius 2 is 1.60 bits per heavy atom. The SMILES string of the molecule is Cc1ccc(Cn2nc(CNC(C)(C)C)c(-c3ccccc3)n2)cc1. The van der Waals surface area contributed by atoms with E-state index in [4.69, 9.17) is 10.2 Å². The minimum atomic E-state index is 0.0364. The minimum Gasteiger partial charge on any atom is -0.306 e. The molecule has 1 heterocycles. The van der Waals surface area contributed by atoms with Crippen molar-refractivity contribution < 1.29 is 0 Å². The first kappa shape index (κ1) is 17.4. The molecule has 0 radical (unpaired) electrons. The predicted octanol–water partition coefficient (Wildman–Crippen LogP) is 4.19. The average molecular weight is 334 g/mol. The average Bonchev–Trinajstić information content (AvgIpc) is 2.98. The zero-order chi connectivity index (χ0) is 17.9. The van der Waals surface area contributed by atoms with E-state index in [1.165, 1.54) is 11.1 Å². The van der Waals surface area contributed by atoms with Crippen LogP contribution in [-0.2, 0) is 13.1 Å². The van der Waals surface area contributed by atoms with E-state index in [9.17, 15) is 0 Å². The van der Waals surface area contributed by atoms with Crippen LogP contribution in [0.1, 0.15) is 37.6 Å². The van der Waals surface area contributed by atoms with Crippen LogP contribution in [0.25, 0.3) is 11.3 Å². The summed E-state index contributed by atoms with van der Waals surface area (Å²) in [5.41, 5.74) is 5.53. The van der Waals surface area contributed by atoms with Gasteiger partial charge in [-0.05, 0) is 33.3 Å². The number of nitrogens with one attached hydrogen (secondary N) is 1. The zero-order valence-corrected chi connectivity index (χ0v) is 15.5. The second kappa shape index (κ2) is 7.19. The van der Waals surface area contributed by atoms with E-state index < -0.39 is 0 Å². The Kier molecular flexibility index (Phi) is 5.00. The summed E-state index contributed by atoms with van der Waals surface area (Å²) < 4.78 is 0. The second-order valence-corrected chi connectivity index (χ2v) is 7.48. The molecule has 3 rings (SSSR count). The Morgan fingerprint density at radius 3 is 2.24 bits per heavy atom. The van der Waals surface area contributed by atoms with Crippen LogP contribution >= 0.6 is 0 Å². The van der Waals surface area contributed by atoms with E-state index in [1.807, 2.05) is 18.2 Å². The summed E-state index contributed by atoms with van der Waals surface area (Å²) in [5, 5.41) is 13.0. The van der Waals surface area contributed by atoms with Crippen LogP contribution in [-0.4, -0.2) is 20.5 Å². The van der Waals surface area contributed by atoms with Gasteiger partial charge in [-0.3, -0.25) is 0 Å². The number of aromatic nitrogens is 3. The van der Waals surface area contributed by atoms with Crippen molar-refractivity contribution in [2.75, 3.05) is 0 Å². The van der Waals surface area contributed by atoms with Crippen molar-refractivity contribution in [2.45, 2.75) is 46.3 Å². The van der Waals surface area contributed by atoms with Gasteiger partial charge >= 0.3 is 0 Å². The van der Waals surface area contributed by atoms with E-state index >= 15 is 0 Å². The van der Waals surface area contributed by atoms with E-state index in [2.05, 4.69) is 69.4 Å². The monoisotopic (exact) mass is 334 g/mol. The summed E-state index contributed by atoms with van der Waals surface area (Å²) in [6, 6.07) is 18.8. The third kappa shape index (κ3) is 4.77. The molecular formula is C21H26N4. The highest BCUT2D eigenvalue weighted by molar-refractivity contribution is 5.60. The lowest BCUT2D eigenvalue weighted by Gasteiger charge is -2.19. The highest BCUT2D eigenvalue weighted by Crippen LogP contribution is 2.21. The lowest BCUT2D eigenvalue weighted by atomic mass is 10.1. The molecular weight excluding hydrogens is 308 g/mol. The maximum absolute atomic E-state index is 4.76. The summed E-state index contributed by atoms with van der Waals surface area (Å²) >= 11 is 0. The maximum Gasteiger partial charge on any atom is 0.117 e. The van der Waals surface area contributed by atoms with Crippen LogP contribution in [0.4, 0.5) is 0 Å². The fraction of sp³-hybridized carbons (Fsp3) is 0.333. The molecule has 0 saturated carbocycles. The van der Waals surface area contributed by atoms with E-state index in [0.29, 0.717) is 13.1 Å². The standard InChI is InChI=1S/C21H26N4/c1-16-10-12-17(13-11-16)15-25-23-19(14-22-21(2,3)4)20(24-25)18-8-6-5-7-9-18/h5-13,22H,14-15H2,1-4H3. The first-order chi connectivity index (χ1) is 11.9. The maximum atomic E-state index is 4.76. The smallest absolute Gasteiger partial charge is 0.117 e. The summed E-state index contributed by atoms with van der Waals surface area (Å²) in [6.45, 7) is 9.95. The van der Waals surface area contributed by atoms with Crippen molar-refractivity contribution in [3.8, 4) is 11.3 Å². The molecule has 0 saturated heterocycles. The van der Waals surface area contributed by atoms with Gasteiger partial charge in [-0.2, -0.15) is 15.0 Å². The van der Waals surface area contributed by atoms with Gasteiger partial charge in [-0.25, -0.2) is 0 Å². The number of nitrogens with zero attached hydrogens (tertiary/aromatic N) is 3. The predicted molar refractivity (Wildman–Crippen MR) is 102 cm³/mol. The van der Waals surface area contributed by atoms with Crippen molar-refractivity contribution in [1.29, 1.82) is 0 Å². The topological polar surface area (TPSA) is 42.7 Å². The normalized spacial score (nSPS) is 11.7. The van der Waals surface area contributed by atoms with Gasteiger partial charge in [-0.15, -0.1) is 0 Å². The van der Waals surface area contributed by atoms with Gasteiger partial charge < -0.3 is 5.32 Å². The number of hydrogen-bond donors (Lipinski definition) is 1. The molecule has 1 aromatic heterocycles. The van der Waals surface area contributed by atoms with Gasteiger partial charge in [0.15, 0.2) is 0 Å². The molecule has 25 heavy (non-hydrogen) atoms. The van der Waals surface area contributed by atoms with Crippen LogP contribution < -0.4 is 5.32 Å². The van der Waals surface area contributed by atoms with Gasteiger partial charge in [0.25, 0.3) is 0 Å². The molecule has 0 atom stereocenters. The molecule has 2 aromatic carbocycles. The second-order valence-electron chi connectivity index (χ2n) is 7.48. The highest BCUT2D eigenvalue weighted by Gasteiger charge is 2.16. The summed E-state index contributed by atoms with van der Waals surface area (Å²) in [5.74, 6) is 0. The van der Waals surface area contributed by atoms with Crippen molar-refractivity contribution in [2.24, 2.45) is 0 Å². The molecule has 0 amide bonds. The van der Waals surface area contributed by atoms with Gasteiger partial charge in [0, 0.05) is 17.6 Å². The highest BCUT2D eigenvalue weighted by atomic mass is 15.5. The lowest BCUT2D eigenvalue weighted by Crippen LogP contribution is -2.35.